The van der Waals surface area contributed by atoms with Crippen LogP contribution in [-0.2, 0) is 13.6 Å². The first kappa shape index (κ1) is 22.8. The summed E-state index contributed by atoms with van der Waals surface area (Å²) in [5.41, 5.74) is 0.635. The van der Waals surface area contributed by atoms with Gasteiger partial charge in [0.1, 0.15) is 16.5 Å². The van der Waals surface area contributed by atoms with Gasteiger partial charge in [-0.1, -0.05) is 24.0 Å². The lowest BCUT2D eigenvalue weighted by atomic mass is 9.72. The van der Waals surface area contributed by atoms with E-state index >= 15 is 0 Å². The van der Waals surface area contributed by atoms with Crippen LogP contribution in [0.15, 0.2) is 6.07 Å². The molecule has 0 spiro atoms. The molecule has 0 radical (unpaired) electrons. The summed E-state index contributed by atoms with van der Waals surface area (Å²) >= 11 is 6.95. The average molecular weight is 530 g/mol. The Labute approximate surface area is 205 Å². The van der Waals surface area contributed by atoms with E-state index in [0.29, 0.717) is 24.5 Å². The maximum Gasteiger partial charge on any atom is 0.333 e. The second-order valence-corrected chi connectivity index (χ2v) is 12.8. The number of ether oxygens (including phenoxy) is 2. The molecule has 184 valence electrons. The van der Waals surface area contributed by atoms with Gasteiger partial charge in [-0.3, -0.25) is 18.8 Å². The second-order valence-electron chi connectivity index (χ2n) is 9.11. The zero-order valence-corrected chi connectivity index (χ0v) is 20.7. The molecule has 1 amide bonds. The van der Waals surface area contributed by atoms with E-state index in [-0.39, 0.29) is 42.4 Å². The SMILES string of the molecule is CN1CSC(=S)N(CCP2(=O)O[C@@H]3[C@H](O2)[C@@H](O)CC2c4cc5c(c(O)c4C(=O)N[C@H]23)OCO5)C1. The third-order valence-electron chi connectivity index (χ3n) is 6.87. The van der Waals surface area contributed by atoms with Crippen molar-refractivity contribution in [1.82, 2.24) is 15.1 Å². The molecule has 5 aliphatic rings. The van der Waals surface area contributed by atoms with Crippen molar-refractivity contribution >= 4 is 41.8 Å². The number of thioether (sulfide) groups is 1. The molecule has 4 aliphatic heterocycles. The summed E-state index contributed by atoms with van der Waals surface area (Å²) in [4.78, 5) is 17.0. The molecule has 34 heavy (non-hydrogen) atoms. The summed E-state index contributed by atoms with van der Waals surface area (Å²) < 4.78 is 36.8. The summed E-state index contributed by atoms with van der Waals surface area (Å²) in [6.07, 6.45) is -2.24. The zero-order valence-electron chi connectivity index (χ0n) is 18.2. The number of thiocarbonyl (C=S) groups is 1. The summed E-state index contributed by atoms with van der Waals surface area (Å²) in [6, 6.07) is 1.09. The van der Waals surface area contributed by atoms with Crippen LogP contribution in [0, 0.1) is 0 Å². The number of nitrogens with zero attached hydrogens (tertiary/aromatic N) is 2. The average Bonchev–Trinajstić information content (AvgIpc) is 3.41. The minimum Gasteiger partial charge on any atom is -0.504 e. The predicted molar refractivity (Wildman–Crippen MR) is 125 cm³/mol. The fraction of sp³-hybridized carbons (Fsp3) is 0.600. The van der Waals surface area contributed by atoms with E-state index in [1.807, 2.05) is 11.9 Å². The Bertz CT molecular complexity index is 1120. The van der Waals surface area contributed by atoms with E-state index in [9.17, 15) is 19.6 Å². The Kier molecular flexibility index (Phi) is 5.52. The number of hydrogen-bond donors (Lipinski definition) is 3. The lowest BCUT2D eigenvalue weighted by molar-refractivity contribution is -0.0371. The molecule has 2 unspecified atom stereocenters. The number of nitrogens with one attached hydrogen (secondary N) is 1. The number of aliphatic hydroxyl groups excluding tert-OH is 1. The third-order valence-corrected chi connectivity index (χ3v) is 10.4. The van der Waals surface area contributed by atoms with Gasteiger partial charge in [0.05, 0.1) is 36.4 Å². The summed E-state index contributed by atoms with van der Waals surface area (Å²) in [7, 11) is -1.57. The topological polar surface area (TPSA) is 130 Å². The van der Waals surface area contributed by atoms with Gasteiger partial charge < -0.3 is 34.4 Å². The first-order valence-corrected chi connectivity index (χ1v) is 14.1. The van der Waals surface area contributed by atoms with Crippen molar-refractivity contribution in [3.8, 4) is 17.2 Å². The van der Waals surface area contributed by atoms with Gasteiger partial charge in [-0.2, -0.15) is 0 Å². The highest BCUT2D eigenvalue weighted by molar-refractivity contribution is 8.22. The fourth-order valence-corrected chi connectivity index (χ4v) is 8.36. The molecule has 6 rings (SSSR count). The normalized spacial score (nSPS) is 36.6. The molecule has 0 aromatic heterocycles. The van der Waals surface area contributed by atoms with E-state index in [4.69, 9.17) is 30.7 Å². The van der Waals surface area contributed by atoms with Crippen LogP contribution in [0.5, 0.6) is 17.2 Å². The van der Waals surface area contributed by atoms with Gasteiger partial charge in [0.25, 0.3) is 5.91 Å². The number of carbonyl (C=O) groups excluding carboxylic acids is 1. The van der Waals surface area contributed by atoms with Crippen LogP contribution in [0.1, 0.15) is 28.3 Å². The maximum absolute atomic E-state index is 13.5. The first-order valence-electron chi connectivity index (χ1n) is 10.9. The number of phenols is 1. The Morgan fingerprint density at radius 3 is 2.94 bits per heavy atom. The minimum atomic E-state index is -3.55. The van der Waals surface area contributed by atoms with Crippen LogP contribution in [-0.4, -0.2) is 93.7 Å². The summed E-state index contributed by atoms with van der Waals surface area (Å²) in [6.45, 7) is 0.964. The van der Waals surface area contributed by atoms with Crippen LogP contribution in [0.3, 0.4) is 0 Å². The van der Waals surface area contributed by atoms with Gasteiger partial charge in [0.2, 0.25) is 12.5 Å². The van der Waals surface area contributed by atoms with Crippen LogP contribution in [0.4, 0.5) is 0 Å². The molecule has 1 saturated carbocycles. The number of fused-ring (bicyclic) bond motifs is 6. The lowest BCUT2D eigenvalue weighted by Crippen LogP contribution is -2.60. The third kappa shape index (κ3) is 3.60. The van der Waals surface area contributed by atoms with Crippen molar-refractivity contribution in [1.29, 1.82) is 0 Å². The first-order chi connectivity index (χ1) is 16.2. The van der Waals surface area contributed by atoms with Gasteiger partial charge in [-0.05, 0) is 25.1 Å². The summed E-state index contributed by atoms with van der Waals surface area (Å²) in [5.74, 6) is 0.107. The molecular weight excluding hydrogens is 505 g/mol. The van der Waals surface area contributed by atoms with E-state index < -0.39 is 37.9 Å². The monoisotopic (exact) mass is 529 g/mol. The molecule has 11 nitrogen and oxygen atoms in total. The number of rotatable bonds is 3. The standard InChI is InChI=1S/C20H24N3O8PS2/c1-22-6-23(20(33)34-7-22)2-3-32(27)30-16-11(24)4-10-9-5-12-17(29-8-28-12)15(25)13(9)19(26)21-14(10)18(16)31-32/h5,10-11,14,16,18,24-25H,2-4,6-8H2,1H3,(H,21,26)/t10?,11-,14+,16+,18-,32?/m0/s1. The van der Waals surface area contributed by atoms with Crippen molar-refractivity contribution in [2.75, 3.05) is 39.1 Å². The zero-order chi connectivity index (χ0) is 23.8. The second kappa shape index (κ2) is 8.22. The molecule has 2 saturated heterocycles. The molecule has 14 heteroatoms. The molecule has 4 heterocycles. The number of phenolic OH excluding ortho intramolecular Hbond substituents is 1. The van der Waals surface area contributed by atoms with Crippen molar-refractivity contribution in [2.45, 2.75) is 36.7 Å². The number of aliphatic hydroxyl groups is 1. The van der Waals surface area contributed by atoms with E-state index in [0.717, 1.165) is 10.2 Å². The van der Waals surface area contributed by atoms with E-state index in [1.165, 1.54) is 11.8 Å². The maximum atomic E-state index is 13.5. The van der Waals surface area contributed by atoms with Crippen molar-refractivity contribution in [2.24, 2.45) is 0 Å². The Morgan fingerprint density at radius 1 is 1.32 bits per heavy atom. The lowest BCUT2D eigenvalue weighted by Gasteiger charge is -2.43. The molecule has 1 aliphatic carbocycles. The van der Waals surface area contributed by atoms with Crippen LogP contribution in [0.25, 0.3) is 0 Å². The van der Waals surface area contributed by atoms with Gasteiger partial charge >= 0.3 is 7.60 Å². The Balaban J connectivity index is 1.25. The van der Waals surface area contributed by atoms with Crippen molar-refractivity contribution in [3.05, 3.63) is 17.2 Å². The van der Waals surface area contributed by atoms with Gasteiger partial charge in [-0.25, -0.2) is 0 Å². The summed E-state index contributed by atoms with van der Waals surface area (Å²) in [5, 5.41) is 24.4. The predicted octanol–water partition coefficient (Wildman–Crippen LogP) is 1.24. The number of aromatic hydroxyl groups is 1. The van der Waals surface area contributed by atoms with Gasteiger partial charge in [0.15, 0.2) is 11.5 Å². The Morgan fingerprint density at radius 2 is 2.12 bits per heavy atom. The quantitative estimate of drug-likeness (QED) is 0.385. The van der Waals surface area contributed by atoms with E-state index in [2.05, 4.69) is 10.2 Å². The number of hydrogen-bond acceptors (Lipinski definition) is 11. The fourth-order valence-electron chi connectivity index (χ4n) is 5.30. The minimum absolute atomic E-state index is 0.0519. The van der Waals surface area contributed by atoms with Crippen molar-refractivity contribution in [3.63, 3.8) is 0 Å². The van der Waals surface area contributed by atoms with Crippen LogP contribution in [0.2, 0.25) is 0 Å². The number of amides is 1. The number of benzene rings is 1. The molecule has 6 atom stereocenters. The highest BCUT2D eigenvalue weighted by atomic mass is 32.2. The highest BCUT2D eigenvalue weighted by Gasteiger charge is 2.58. The smallest absolute Gasteiger partial charge is 0.333 e. The van der Waals surface area contributed by atoms with Gasteiger partial charge in [-0.15, -0.1) is 0 Å². The van der Waals surface area contributed by atoms with E-state index in [1.54, 1.807) is 6.07 Å². The Hall–Kier alpha value is -1.60. The van der Waals surface area contributed by atoms with Crippen molar-refractivity contribution < 1.29 is 38.1 Å². The molecular formula is C20H24N3O8PS2. The molecule has 1 aromatic carbocycles. The molecule has 1 aromatic rings. The van der Waals surface area contributed by atoms with Crippen LogP contribution < -0.4 is 14.8 Å². The molecule has 3 N–H and O–H groups in total. The number of carbonyl (C=O) groups is 1. The largest absolute Gasteiger partial charge is 0.504 e. The molecule has 3 fully saturated rings. The van der Waals surface area contributed by atoms with Gasteiger partial charge in [0, 0.05) is 12.5 Å². The van der Waals surface area contributed by atoms with Crippen LogP contribution >= 0.6 is 31.6 Å². The highest BCUT2D eigenvalue weighted by Crippen LogP contribution is 2.61. The molecule has 0 bridgehead atoms.